The van der Waals surface area contributed by atoms with Crippen molar-refractivity contribution in [3.8, 4) is 0 Å². The van der Waals surface area contributed by atoms with Gasteiger partial charge >= 0.3 is 0 Å². The van der Waals surface area contributed by atoms with Crippen LogP contribution in [-0.2, 0) is 9.53 Å². The van der Waals surface area contributed by atoms with Gasteiger partial charge in [-0.2, -0.15) is 0 Å². The molecule has 2 aliphatic rings. The van der Waals surface area contributed by atoms with Gasteiger partial charge in [-0.3, -0.25) is 14.7 Å². The van der Waals surface area contributed by atoms with Crippen molar-refractivity contribution in [2.24, 2.45) is 10.9 Å². The van der Waals surface area contributed by atoms with Crippen LogP contribution in [-0.4, -0.2) is 74.8 Å². The highest BCUT2D eigenvalue weighted by molar-refractivity contribution is 5.80. The van der Waals surface area contributed by atoms with E-state index in [1.165, 1.54) is 32.1 Å². The fourth-order valence-electron chi connectivity index (χ4n) is 3.96. The average molecular weight is 382 g/mol. The highest BCUT2D eigenvalue weighted by atomic mass is 16.5. The summed E-state index contributed by atoms with van der Waals surface area (Å²) < 4.78 is 5.56. The average Bonchev–Trinajstić information content (AvgIpc) is 2.70. The van der Waals surface area contributed by atoms with Crippen LogP contribution in [0.25, 0.3) is 0 Å². The van der Waals surface area contributed by atoms with E-state index in [0.29, 0.717) is 13.1 Å². The predicted molar refractivity (Wildman–Crippen MR) is 110 cm³/mol. The Morgan fingerprint density at radius 3 is 2.37 bits per heavy atom. The smallest absolute Gasteiger partial charge is 0.222 e. The van der Waals surface area contributed by atoms with Crippen LogP contribution >= 0.6 is 0 Å². The first-order chi connectivity index (χ1) is 13.1. The topological polar surface area (TPSA) is 78.0 Å². The molecule has 1 aliphatic heterocycles. The summed E-state index contributed by atoms with van der Waals surface area (Å²) in [6.07, 6.45) is 6.36. The molecule has 2 rings (SSSR count). The second-order valence-corrected chi connectivity index (χ2v) is 7.95. The number of nitrogens with zero attached hydrogens (tertiary/aromatic N) is 2. The third-order valence-electron chi connectivity index (χ3n) is 5.58. The van der Waals surface area contributed by atoms with Gasteiger partial charge in [-0.15, -0.1) is 0 Å². The Morgan fingerprint density at radius 2 is 1.74 bits per heavy atom. The Kier molecular flexibility index (Phi) is 9.34. The van der Waals surface area contributed by atoms with E-state index in [2.05, 4.69) is 27.8 Å². The molecule has 3 N–H and O–H groups in total. The van der Waals surface area contributed by atoms with Gasteiger partial charge in [0.15, 0.2) is 5.96 Å². The van der Waals surface area contributed by atoms with Gasteiger partial charge in [0.1, 0.15) is 0 Å². The first kappa shape index (κ1) is 22.0. The minimum absolute atomic E-state index is 0.0200. The van der Waals surface area contributed by atoms with Crippen LogP contribution in [0.1, 0.15) is 52.9 Å². The molecule has 1 saturated carbocycles. The standard InChI is InChI=1S/C20H39N5O2/c1-4-21-19(23-11-10-22-18(26)17(2)3)24-16-20(8-6-5-7-9-20)25-12-14-27-15-13-25/h17H,4-16H2,1-3H3,(H,22,26)(H2,21,23,24). The maximum absolute atomic E-state index is 11.7. The Labute approximate surface area is 164 Å². The lowest BCUT2D eigenvalue weighted by Crippen LogP contribution is -2.56. The molecule has 7 heteroatoms. The van der Waals surface area contributed by atoms with Crippen LogP contribution in [0.3, 0.4) is 0 Å². The monoisotopic (exact) mass is 381 g/mol. The molecule has 1 saturated heterocycles. The molecule has 0 aromatic rings. The maximum atomic E-state index is 11.7. The molecule has 1 aliphatic carbocycles. The van der Waals surface area contributed by atoms with Crippen molar-refractivity contribution in [2.75, 3.05) is 52.5 Å². The second kappa shape index (κ2) is 11.5. The van der Waals surface area contributed by atoms with Crippen LogP contribution in [0.15, 0.2) is 4.99 Å². The Morgan fingerprint density at radius 1 is 1.07 bits per heavy atom. The molecule has 27 heavy (non-hydrogen) atoms. The van der Waals surface area contributed by atoms with Crippen molar-refractivity contribution in [2.45, 2.75) is 58.4 Å². The third kappa shape index (κ3) is 6.96. The van der Waals surface area contributed by atoms with Crippen LogP contribution in [0.4, 0.5) is 0 Å². The predicted octanol–water partition coefficient (Wildman–Crippen LogP) is 1.35. The van der Waals surface area contributed by atoms with E-state index in [-0.39, 0.29) is 17.4 Å². The minimum Gasteiger partial charge on any atom is -0.379 e. The van der Waals surface area contributed by atoms with Crippen molar-refractivity contribution in [1.29, 1.82) is 0 Å². The summed E-state index contributed by atoms with van der Waals surface area (Å²) >= 11 is 0. The van der Waals surface area contributed by atoms with E-state index in [1.54, 1.807) is 0 Å². The molecule has 1 heterocycles. The van der Waals surface area contributed by atoms with E-state index >= 15 is 0 Å². The SMILES string of the molecule is CCNC(=NCC1(N2CCOCC2)CCCCC1)NCCNC(=O)C(C)C. The van der Waals surface area contributed by atoms with E-state index in [4.69, 9.17) is 9.73 Å². The summed E-state index contributed by atoms with van der Waals surface area (Å²) in [6, 6.07) is 0. The summed E-state index contributed by atoms with van der Waals surface area (Å²) in [5, 5.41) is 9.63. The number of amides is 1. The molecule has 0 aromatic carbocycles. The molecule has 0 radical (unpaired) electrons. The van der Waals surface area contributed by atoms with Crippen LogP contribution in [0, 0.1) is 5.92 Å². The molecule has 0 atom stereocenters. The Balaban J connectivity index is 1.92. The molecule has 0 aromatic heterocycles. The highest BCUT2D eigenvalue weighted by Gasteiger charge is 2.38. The van der Waals surface area contributed by atoms with Crippen molar-refractivity contribution in [1.82, 2.24) is 20.9 Å². The van der Waals surface area contributed by atoms with Gasteiger partial charge in [0.25, 0.3) is 0 Å². The normalized spacial score (nSPS) is 21.1. The third-order valence-corrected chi connectivity index (χ3v) is 5.58. The maximum Gasteiger partial charge on any atom is 0.222 e. The van der Waals surface area contributed by atoms with E-state index < -0.39 is 0 Å². The summed E-state index contributed by atoms with van der Waals surface area (Å²) in [5.41, 5.74) is 0.177. The number of nitrogens with one attached hydrogen (secondary N) is 3. The quantitative estimate of drug-likeness (QED) is 0.336. The van der Waals surface area contributed by atoms with Crippen LogP contribution < -0.4 is 16.0 Å². The van der Waals surface area contributed by atoms with Gasteiger partial charge < -0.3 is 20.7 Å². The molecule has 1 amide bonds. The first-order valence-electron chi connectivity index (χ1n) is 10.7. The fraction of sp³-hybridized carbons (Fsp3) is 0.900. The van der Waals surface area contributed by atoms with Gasteiger partial charge in [-0.05, 0) is 19.8 Å². The zero-order valence-electron chi connectivity index (χ0n) is 17.5. The van der Waals surface area contributed by atoms with Crippen molar-refractivity contribution in [3.05, 3.63) is 0 Å². The summed E-state index contributed by atoms with van der Waals surface area (Å²) in [7, 11) is 0. The van der Waals surface area contributed by atoms with Crippen molar-refractivity contribution < 1.29 is 9.53 Å². The second-order valence-electron chi connectivity index (χ2n) is 7.95. The van der Waals surface area contributed by atoms with Gasteiger partial charge in [0.05, 0.1) is 19.8 Å². The molecule has 0 bridgehead atoms. The molecular weight excluding hydrogens is 342 g/mol. The Hall–Kier alpha value is -1.34. The fourth-order valence-corrected chi connectivity index (χ4v) is 3.96. The number of hydrogen-bond donors (Lipinski definition) is 3. The molecule has 2 fully saturated rings. The zero-order chi connectivity index (χ0) is 19.5. The number of hydrogen-bond acceptors (Lipinski definition) is 4. The molecule has 7 nitrogen and oxygen atoms in total. The number of morpholine rings is 1. The van der Waals surface area contributed by atoms with Gasteiger partial charge in [-0.25, -0.2) is 0 Å². The van der Waals surface area contributed by atoms with E-state index in [1.807, 2.05) is 13.8 Å². The number of ether oxygens (including phenoxy) is 1. The molecule has 0 unspecified atom stereocenters. The van der Waals surface area contributed by atoms with E-state index in [0.717, 1.165) is 45.4 Å². The lowest BCUT2D eigenvalue weighted by Gasteiger charge is -2.47. The van der Waals surface area contributed by atoms with Gasteiger partial charge in [0, 0.05) is 44.2 Å². The number of guanidine groups is 1. The largest absolute Gasteiger partial charge is 0.379 e. The number of aliphatic imine (C=N–C) groups is 1. The molecule has 0 spiro atoms. The summed E-state index contributed by atoms with van der Waals surface area (Å²) in [4.78, 5) is 19.2. The lowest BCUT2D eigenvalue weighted by atomic mass is 9.80. The number of carbonyl (C=O) groups is 1. The zero-order valence-corrected chi connectivity index (χ0v) is 17.5. The van der Waals surface area contributed by atoms with Crippen molar-refractivity contribution in [3.63, 3.8) is 0 Å². The lowest BCUT2D eigenvalue weighted by molar-refractivity contribution is -0.123. The van der Waals surface area contributed by atoms with Gasteiger partial charge in [0.2, 0.25) is 5.91 Å². The molecule has 156 valence electrons. The van der Waals surface area contributed by atoms with Crippen molar-refractivity contribution >= 4 is 11.9 Å². The number of carbonyl (C=O) groups excluding carboxylic acids is 1. The number of rotatable bonds is 8. The Bertz CT molecular complexity index is 469. The van der Waals surface area contributed by atoms with Gasteiger partial charge in [-0.1, -0.05) is 33.1 Å². The molecular formula is C20H39N5O2. The summed E-state index contributed by atoms with van der Waals surface area (Å²) in [5.74, 6) is 0.952. The summed E-state index contributed by atoms with van der Waals surface area (Å²) in [6.45, 7) is 12.5. The minimum atomic E-state index is 0.0200. The highest BCUT2D eigenvalue weighted by Crippen LogP contribution is 2.34. The van der Waals surface area contributed by atoms with E-state index in [9.17, 15) is 4.79 Å². The first-order valence-corrected chi connectivity index (χ1v) is 10.7. The van der Waals surface area contributed by atoms with Crippen LogP contribution in [0.2, 0.25) is 0 Å². The van der Waals surface area contributed by atoms with Crippen LogP contribution in [0.5, 0.6) is 0 Å².